The highest BCUT2D eigenvalue weighted by molar-refractivity contribution is 6.30. The third-order valence-electron chi connectivity index (χ3n) is 4.97. The van der Waals surface area contributed by atoms with Crippen molar-refractivity contribution >= 4 is 17.5 Å². The number of nitrogens with two attached hydrogens (primary N) is 2. The van der Waals surface area contributed by atoms with Crippen LogP contribution >= 0.6 is 11.6 Å². The summed E-state index contributed by atoms with van der Waals surface area (Å²) in [6, 6.07) is 0.817. The highest BCUT2D eigenvalue weighted by Crippen LogP contribution is 2.42. The normalized spacial score (nSPS) is 21.0. The van der Waals surface area contributed by atoms with Gasteiger partial charge < -0.3 is 26.0 Å². The number of halogens is 4. The standard InChI is InChI=1S/C19H25ClF3N5O2/c1-27(2)15(25)7-12(9-24)17(29)28-6-4-5-18(11-28,30-3)16-14(19(21,22)23)8-13(20)10-26-16/h7-10H,4-6,11,24-25H2,1-3H3/b12-9+,15-7+. The number of carbonyl (C=O) groups is 1. The lowest BCUT2D eigenvalue weighted by Gasteiger charge is -2.42. The van der Waals surface area contributed by atoms with Crippen molar-refractivity contribution < 1.29 is 22.7 Å². The van der Waals surface area contributed by atoms with Gasteiger partial charge in [-0.3, -0.25) is 9.78 Å². The van der Waals surface area contributed by atoms with Crippen LogP contribution in [0.1, 0.15) is 24.1 Å². The molecular formula is C19H25ClF3N5O2. The van der Waals surface area contributed by atoms with Gasteiger partial charge in [-0.2, -0.15) is 13.2 Å². The lowest BCUT2D eigenvalue weighted by atomic mass is 9.86. The molecule has 1 amide bonds. The summed E-state index contributed by atoms with van der Waals surface area (Å²) >= 11 is 5.75. The largest absolute Gasteiger partial charge is 0.418 e. The zero-order valence-electron chi connectivity index (χ0n) is 17.0. The van der Waals surface area contributed by atoms with E-state index in [0.717, 1.165) is 18.5 Å². The Morgan fingerprint density at radius 3 is 2.63 bits per heavy atom. The van der Waals surface area contributed by atoms with Crippen LogP contribution in [0, 0.1) is 0 Å². The Morgan fingerprint density at radius 2 is 2.10 bits per heavy atom. The van der Waals surface area contributed by atoms with E-state index in [1.54, 1.807) is 19.0 Å². The molecule has 1 saturated heterocycles. The van der Waals surface area contributed by atoms with Gasteiger partial charge in [-0.05, 0) is 25.0 Å². The quantitative estimate of drug-likeness (QED) is 0.531. The summed E-state index contributed by atoms with van der Waals surface area (Å²) in [7, 11) is 4.70. The van der Waals surface area contributed by atoms with Gasteiger partial charge in [0.2, 0.25) is 0 Å². The predicted molar refractivity (Wildman–Crippen MR) is 107 cm³/mol. The third-order valence-corrected chi connectivity index (χ3v) is 5.18. The Labute approximate surface area is 178 Å². The maximum absolute atomic E-state index is 13.7. The first-order valence-electron chi connectivity index (χ1n) is 9.09. The molecule has 1 fully saturated rings. The molecule has 0 radical (unpaired) electrons. The minimum absolute atomic E-state index is 0.119. The number of hydrogen-bond donors (Lipinski definition) is 2. The van der Waals surface area contributed by atoms with E-state index >= 15 is 0 Å². The second kappa shape index (κ2) is 9.13. The smallest absolute Gasteiger partial charge is 0.404 e. The van der Waals surface area contributed by atoms with Gasteiger partial charge in [0.15, 0.2) is 0 Å². The molecule has 1 aliphatic heterocycles. The number of hydrogen-bond acceptors (Lipinski definition) is 6. The number of piperidine rings is 1. The highest BCUT2D eigenvalue weighted by Gasteiger charge is 2.46. The maximum atomic E-state index is 13.7. The molecule has 11 heteroatoms. The van der Waals surface area contributed by atoms with Gasteiger partial charge in [0, 0.05) is 40.1 Å². The van der Waals surface area contributed by atoms with Crippen LogP contribution in [-0.4, -0.2) is 55.0 Å². The van der Waals surface area contributed by atoms with Crippen LogP contribution in [0.25, 0.3) is 0 Å². The fraction of sp³-hybridized carbons (Fsp3) is 0.474. The molecule has 0 aliphatic carbocycles. The molecule has 166 valence electrons. The Morgan fingerprint density at radius 1 is 1.43 bits per heavy atom. The molecule has 1 unspecified atom stereocenters. The van der Waals surface area contributed by atoms with E-state index in [0.29, 0.717) is 18.8 Å². The van der Waals surface area contributed by atoms with Crippen molar-refractivity contribution in [2.24, 2.45) is 11.5 Å². The first-order chi connectivity index (χ1) is 13.9. The monoisotopic (exact) mass is 447 g/mol. The Balaban J connectivity index is 2.44. The van der Waals surface area contributed by atoms with Crippen LogP contribution in [-0.2, 0) is 21.3 Å². The van der Waals surface area contributed by atoms with Gasteiger partial charge in [-0.25, -0.2) is 0 Å². The number of alkyl halides is 3. The lowest BCUT2D eigenvalue weighted by molar-refractivity contribution is -0.147. The number of nitrogens with zero attached hydrogens (tertiary/aromatic N) is 3. The van der Waals surface area contributed by atoms with E-state index in [9.17, 15) is 18.0 Å². The van der Waals surface area contributed by atoms with Crippen molar-refractivity contribution in [2.75, 3.05) is 34.3 Å². The molecule has 0 spiro atoms. The molecule has 0 aromatic carbocycles. The summed E-state index contributed by atoms with van der Waals surface area (Å²) in [6.07, 6.45) is -0.361. The van der Waals surface area contributed by atoms with Crippen LogP contribution in [0.3, 0.4) is 0 Å². The van der Waals surface area contributed by atoms with Crippen LogP contribution in [0.5, 0.6) is 0 Å². The molecule has 2 heterocycles. The zero-order chi connectivity index (χ0) is 22.7. The van der Waals surface area contributed by atoms with Gasteiger partial charge in [0.25, 0.3) is 5.91 Å². The second-order valence-electron chi connectivity index (χ2n) is 7.16. The molecule has 1 aromatic rings. The number of pyridine rings is 1. The molecule has 4 N–H and O–H groups in total. The Hall–Kier alpha value is -2.46. The van der Waals surface area contributed by atoms with Crippen molar-refractivity contribution in [3.05, 3.63) is 52.2 Å². The average molecular weight is 448 g/mol. The minimum atomic E-state index is -4.68. The summed E-state index contributed by atoms with van der Waals surface area (Å²) in [4.78, 5) is 19.9. The van der Waals surface area contributed by atoms with Crippen LogP contribution in [0.15, 0.2) is 35.9 Å². The second-order valence-corrected chi connectivity index (χ2v) is 7.60. The minimum Gasteiger partial charge on any atom is -0.404 e. The third kappa shape index (κ3) is 4.99. The van der Waals surface area contributed by atoms with Crippen molar-refractivity contribution in [3.63, 3.8) is 0 Å². The summed E-state index contributed by atoms with van der Waals surface area (Å²) in [5.74, 6) is -0.167. The number of methoxy groups -OCH3 is 1. The van der Waals surface area contributed by atoms with Crippen molar-refractivity contribution in [3.8, 4) is 0 Å². The maximum Gasteiger partial charge on any atom is 0.418 e. The number of amides is 1. The molecule has 1 aliphatic rings. The van der Waals surface area contributed by atoms with Crippen LogP contribution in [0.4, 0.5) is 13.2 Å². The first kappa shape index (κ1) is 23.8. The number of carbonyl (C=O) groups excluding carboxylic acids is 1. The van der Waals surface area contributed by atoms with Gasteiger partial charge in [0.1, 0.15) is 5.60 Å². The van der Waals surface area contributed by atoms with Crippen molar-refractivity contribution in [1.29, 1.82) is 0 Å². The van der Waals surface area contributed by atoms with Crippen LogP contribution in [0.2, 0.25) is 5.02 Å². The summed E-state index contributed by atoms with van der Waals surface area (Å²) in [5, 5.41) is -0.140. The summed E-state index contributed by atoms with van der Waals surface area (Å²) in [5.41, 5.74) is 8.84. The molecule has 0 saturated carbocycles. The molecule has 7 nitrogen and oxygen atoms in total. The Bertz CT molecular complexity index is 857. The van der Waals surface area contributed by atoms with Crippen molar-refractivity contribution in [1.82, 2.24) is 14.8 Å². The van der Waals surface area contributed by atoms with Gasteiger partial charge >= 0.3 is 6.18 Å². The zero-order valence-corrected chi connectivity index (χ0v) is 17.7. The highest BCUT2D eigenvalue weighted by atomic mass is 35.5. The SMILES string of the molecule is COC1(c2ncc(Cl)cc2C(F)(F)F)CCCN(C(=O)C(=C/N)/C=C(\N)N(C)C)C1. The lowest BCUT2D eigenvalue weighted by Crippen LogP contribution is -2.51. The molecule has 2 rings (SSSR count). The predicted octanol–water partition coefficient (Wildman–Crippen LogP) is 2.42. The summed E-state index contributed by atoms with van der Waals surface area (Å²) < 4.78 is 46.5. The van der Waals surface area contributed by atoms with E-state index in [4.69, 9.17) is 27.8 Å². The van der Waals surface area contributed by atoms with Gasteiger partial charge in [-0.15, -0.1) is 0 Å². The number of rotatable bonds is 5. The van der Waals surface area contributed by atoms with E-state index in [1.807, 2.05) is 0 Å². The average Bonchev–Trinajstić information content (AvgIpc) is 2.70. The van der Waals surface area contributed by atoms with Crippen molar-refractivity contribution in [2.45, 2.75) is 24.6 Å². The van der Waals surface area contributed by atoms with E-state index in [-0.39, 0.29) is 29.3 Å². The Kier molecular flexibility index (Phi) is 7.25. The molecule has 0 bridgehead atoms. The van der Waals surface area contributed by atoms with Gasteiger partial charge in [-0.1, -0.05) is 11.6 Å². The van der Waals surface area contributed by atoms with E-state index in [2.05, 4.69) is 4.98 Å². The topological polar surface area (TPSA) is 97.7 Å². The van der Waals surface area contributed by atoms with Gasteiger partial charge in [0.05, 0.1) is 34.2 Å². The fourth-order valence-electron chi connectivity index (χ4n) is 3.32. The summed E-state index contributed by atoms with van der Waals surface area (Å²) in [6.45, 7) is 0.193. The number of likely N-dealkylation sites (tertiary alicyclic amines) is 1. The number of aromatic nitrogens is 1. The molecule has 1 atom stereocenters. The molecule has 30 heavy (non-hydrogen) atoms. The number of ether oxygens (including phenoxy) is 1. The van der Waals surface area contributed by atoms with Crippen LogP contribution < -0.4 is 11.5 Å². The fourth-order valence-corrected chi connectivity index (χ4v) is 3.48. The first-order valence-corrected chi connectivity index (χ1v) is 9.47. The van der Waals surface area contributed by atoms with E-state index in [1.165, 1.54) is 18.1 Å². The molecular weight excluding hydrogens is 423 g/mol. The van der Waals surface area contributed by atoms with E-state index < -0.39 is 23.2 Å². The molecule has 1 aromatic heterocycles.